The normalized spacial score (nSPS) is 19.1. The Bertz CT molecular complexity index is 805. The van der Waals surface area contributed by atoms with Crippen LogP contribution in [0.4, 0.5) is 0 Å². The smallest absolute Gasteiger partial charge is 0.268 e. The van der Waals surface area contributed by atoms with Crippen LogP contribution in [0.3, 0.4) is 0 Å². The summed E-state index contributed by atoms with van der Waals surface area (Å²) in [6.45, 7) is 0. The minimum absolute atomic E-state index is 0.0533. The van der Waals surface area contributed by atoms with Crippen molar-refractivity contribution >= 4 is 40.5 Å². The molecule has 1 aromatic heterocycles. The number of imide groups is 1. The molecule has 5 heteroatoms. The fourth-order valence-corrected chi connectivity index (χ4v) is 5.38. The highest BCUT2D eigenvalue weighted by Crippen LogP contribution is 2.42. The molecule has 0 saturated heterocycles. The maximum atomic E-state index is 13.2. The standard InChI is InChI=1S/C20H19NO2S2/c22-19-17(16-12-7-13-24-16)18(25-15-10-5-2-6-11-15)20(23)21(19)14-8-3-1-4-9-14/h2,5-7,10-14H,1,3-4,8-9H2. The second-order valence-corrected chi connectivity index (χ2v) is 8.40. The fourth-order valence-electron chi connectivity index (χ4n) is 3.54. The molecule has 0 bridgehead atoms. The lowest BCUT2D eigenvalue weighted by Gasteiger charge is -2.29. The summed E-state index contributed by atoms with van der Waals surface area (Å²) in [6.07, 6.45) is 5.25. The van der Waals surface area contributed by atoms with Gasteiger partial charge >= 0.3 is 0 Å². The summed E-state index contributed by atoms with van der Waals surface area (Å²) in [5, 5.41) is 1.95. The van der Waals surface area contributed by atoms with Gasteiger partial charge in [-0.2, -0.15) is 0 Å². The molecule has 1 aromatic carbocycles. The van der Waals surface area contributed by atoms with Crippen LogP contribution >= 0.6 is 23.1 Å². The van der Waals surface area contributed by atoms with Gasteiger partial charge in [-0.05, 0) is 36.4 Å². The van der Waals surface area contributed by atoms with Gasteiger partial charge in [-0.25, -0.2) is 0 Å². The molecule has 0 unspecified atom stereocenters. The van der Waals surface area contributed by atoms with Crippen molar-refractivity contribution in [3.05, 3.63) is 57.6 Å². The lowest BCUT2D eigenvalue weighted by molar-refractivity contribution is -0.139. The van der Waals surface area contributed by atoms with Gasteiger partial charge in [0.05, 0.1) is 10.5 Å². The van der Waals surface area contributed by atoms with E-state index in [2.05, 4.69) is 0 Å². The first-order chi connectivity index (χ1) is 12.3. The fraction of sp³-hybridized carbons (Fsp3) is 0.300. The Morgan fingerprint density at radius 1 is 0.920 bits per heavy atom. The molecule has 3 nitrogen and oxygen atoms in total. The van der Waals surface area contributed by atoms with Crippen LogP contribution in [-0.4, -0.2) is 22.8 Å². The zero-order valence-electron chi connectivity index (χ0n) is 13.8. The maximum Gasteiger partial charge on any atom is 0.268 e. The van der Waals surface area contributed by atoms with Gasteiger partial charge in [0, 0.05) is 15.8 Å². The molecule has 0 N–H and O–H groups in total. The Balaban J connectivity index is 1.72. The van der Waals surface area contributed by atoms with Crippen molar-refractivity contribution < 1.29 is 9.59 Å². The second-order valence-electron chi connectivity index (χ2n) is 6.37. The molecule has 128 valence electrons. The first kappa shape index (κ1) is 16.6. The van der Waals surface area contributed by atoms with Crippen LogP contribution in [0.5, 0.6) is 0 Å². The van der Waals surface area contributed by atoms with Gasteiger partial charge in [0.1, 0.15) is 0 Å². The highest BCUT2D eigenvalue weighted by atomic mass is 32.2. The average molecular weight is 370 g/mol. The number of rotatable bonds is 4. The molecule has 4 rings (SSSR count). The van der Waals surface area contributed by atoms with E-state index < -0.39 is 0 Å². The second kappa shape index (κ2) is 7.18. The van der Waals surface area contributed by atoms with Crippen LogP contribution in [0.2, 0.25) is 0 Å². The molecule has 0 atom stereocenters. The Morgan fingerprint density at radius 3 is 2.36 bits per heavy atom. The van der Waals surface area contributed by atoms with Crippen LogP contribution < -0.4 is 0 Å². The highest BCUT2D eigenvalue weighted by Gasteiger charge is 2.43. The molecule has 1 fully saturated rings. The predicted octanol–water partition coefficient (Wildman–Crippen LogP) is 4.95. The summed E-state index contributed by atoms with van der Waals surface area (Å²) < 4.78 is 0. The molecule has 2 aliphatic rings. The first-order valence-corrected chi connectivity index (χ1v) is 10.3. The third-order valence-electron chi connectivity index (χ3n) is 4.74. The van der Waals surface area contributed by atoms with Crippen molar-refractivity contribution in [1.29, 1.82) is 0 Å². The lowest BCUT2D eigenvalue weighted by atomic mass is 9.94. The number of benzene rings is 1. The molecule has 0 spiro atoms. The maximum absolute atomic E-state index is 13.2. The van der Waals surface area contributed by atoms with Crippen molar-refractivity contribution in [3.63, 3.8) is 0 Å². The summed E-state index contributed by atoms with van der Waals surface area (Å²) >= 11 is 2.93. The number of hydrogen-bond donors (Lipinski definition) is 0. The van der Waals surface area contributed by atoms with E-state index >= 15 is 0 Å². The zero-order chi connectivity index (χ0) is 17.2. The van der Waals surface area contributed by atoms with Crippen LogP contribution in [0, 0.1) is 0 Å². The molecule has 2 amide bonds. The van der Waals surface area contributed by atoms with Crippen molar-refractivity contribution in [1.82, 2.24) is 4.90 Å². The molecule has 0 radical (unpaired) electrons. The minimum atomic E-state index is -0.117. The third-order valence-corrected chi connectivity index (χ3v) is 6.72. The minimum Gasteiger partial charge on any atom is -0.271 e. The summed E-state index contributed by atoms with van der Waals surface area (Å²) in [5.41, 5.74) is 0.583. The van der Waals surface area contributed by atoms with Gasteiger partial charge in [-0.1, -0.05) is 55.3 Å². The third kappa shape index (κ3) is 3.18. The summed E-state index contributed by atoms with van der Waals surface area (Å²) in [6, 6.07) is 13.7. The van der Waals surface area contributed by atoms with Crippen LogP contribution in [0.25, 0.3) is 5.57 Å². The number of nitrogens with zero attached hydrogens (tertiary/aromatic N) is 1. The van der Waals surface area contributed by atoms with Gasteiger partial charge in [0.15, 0.2) is 0 Å². The number of carbonyl (C=O) groups is 2. The van der Waals surface area contributed by atoms with Crippen molar-refractivity contribution in [2.45, 2.75) is 43.0 Å². The number of thioether (sulfide) groups is 1. The van der Waals surface area contributed by atoms with E-state index in [0.717, 1.165) is 35.5 Å². The highest BCUT2D eigenvalue weighted by molar-refractivity contribution is 8.04. The summed E-state index contributed by atoms with van der Waals surface area (Å²) in [7, 11) is 0. The number of amides is 2. The van der Waals surface area contributed by atoms with E-state index in [0.29, 0.717) is 10.5 Å². The van der Waals surface area contributed by atoms with Crippen molar-refractivity contribution in [3.8, 4) is 0 Å². The molecule has 1 aliphatic carbocycles. The lowest BCUT2D eigenvalue weighted by Crippen LogP contribution is -2.42. The van der Waals surface area contributed by atoms with Crippen LogP contribution in [0.1, 0.15) is 37.0 Å². The average Bonchev–Trinajstić information content (AvgIpc) is 3.24. The number of thiophene rings is 1. The van der Waals surface area contributed by atoms with Crippen LogP contribution in [-0.2, 0) is 9.59 Å². The van der Waals surface area contributed by atoms with Crippen molar-refractivity contribution in [2.75, 3.05) is 0 Å². The summed E-state index contributed by atoms with van der Waals surface area (Å²) in [5.74, 6) is -0.230. The van der Waals surface area contributed by atoms with Crippen molar-refractivity contribution in [2.24, 2.45) is 0 Å². The largest absolute Gasteiger partial charge is 0.271 e. The zero-order valence-corrected chi connectivity index (χ0v) is 15.4. The molecule has 2 aromatic rings. The van der Waals surface area contributed by atoms with Gasteiger partial charge in [0.2, 0.25) is 0 Å². The van der Waals surface area contributed by atoms with Gasteiger partial charge in [-0.3, -0.25) is 14.5 Å². The summed E-state index contributed by atoms with van der Waals surface area (Å²) in [4.78, 5) is 30.3. The Morgan fingerprint density at radius 2 is 1.68 bits per heavy atom. The first-order valence-electron chi connectivity index (χ1n) is 8.64. The Hall–Kier alpha value is -1.85. The van der Waals surface area contributed by atoms with E-state index in [9.17, 15) is 9.59 Å². The SMILES string of the molecule is O=C1C(Sc2ccccc2)=C(c2cccs2)C(=O)N1C1CCCCC1. The monoisotopic (exact) mass is 369 g/mol. The quantitative estimate of drug-likeness (QED) is 0.715. The van der Waals surface area contributed by atoms with E-state index in [-0.39, 0.29) is 17.9 Å². The Labute approximate surface area is 155 Å². The van der Waals surface area contributed by atoms with Gasteiger partial charge in [0.25, 0.3) is 11.8 Å². The molecular weight excluding hydrogens is 350 g/mol. The Kier molecular flexibility index (Phi) is 4.77. The molecule has 1 aliphatic heterocycles. The number of carbonyl (C=O) groups excluding carboxylic acids is 2. The van der Waals surface area contributed by atoms with Gasteiger partial charge in [-0.15, -0.1) is 11.3 Å². The molecule has 25 heavy (non-hydrogen) atoms. The van der Waals surface area contributed by atoms with Crippen LogP contribution in [0.15, 0.2) is 57.6 Å². The topological polar surface area (TPSA) is 37.4 Å². The molecule has 1 saturated carbocycles. The van der Waals surface area contributed by atoms with E-state index in [1.807, 2.05) is 47.8 Å². The van der Waals surface area contributed by atoms with E-state index in [1.54, 1.807) is 4.90 Å². The number of hydrogen-bond acceptors (Lipinski definition) is 4. The van der Waals surface area contributed by atoms with E-state index in [1.165, 1.54) is 29.5 Å². The molecular formula is C20H19NO2S2. The predicted molar refractivity (Wildman–Crippen MR) is 102 cm³/mol. The van der Waals surface area contributed by atoms with Gasteiger partial charge < -0.3 is 0 Å². The molecule has 2 heterocycles. The van der Waals surface area contributed by atoms with E-state index in [4.69, 9.17) is 0 Å².